The van der Waals surface area contributed by atoms with Crippen LogP contribution < -0.4 is 4.74 Å². The van der Waals surface area contributed by atoms with E-state index in [0.717, 1.165) is 0 Å². The first-order valence-electron chi connectivity index (χ1n) is 4.52. The van der Waals surface area contributed by atoms with E-state index in [1.165, 1.54) is 0 Å². The summed E-state index contributed by atoms with van der Waals surface area (Å²) in [5.41, 5.74) is -2.45. The van der Waals surface area contributed by atoms with Crippen molar-refractivity contribution in [3.8, 4) is 5.75 Å². The van der Waals surface area contributed by atoms with Crippen LogP contribution in [0.25, 0.3) is 0 Å². The van der Waals surface area contributed by atoms with Crippen molar-refractivity contribution < 1.29 is 36.6 Å². The molecule has 0 fully saturated rings. The van der Waals surface area contributed by atoms with Gasteiger partial charge in [0.1, 0.15) is 5.75 Å². The minimum atomic E-state index is -5.22. The summed E-state index contributed by atoms with van der Waals surface area (Å²) in [5, 5.41) is 8.31. The van der Waals surface area contributed by atoms with Gasteiger partial charge in [-0.2, -0.15) is 0 Å². The lowest BCUT2D eigenvalue weighted by Gasteiger charge is -2.15. The maximum atomic E-state index is 12.7. The summed E-state index contributed by atoms with van der Waals surface area (Å²) in [6, 6.07) is 0.309. The molecule has 1 rings (SSSR count). The summed E-state index contributed by atoms with van der Waals surface area (Å²) in [4.78, 5) is 14.0. The standard InChI is InChI=1S/C9H5BrF5NO3/c10-2-4-6(7(11)12)5(19-9(13,14)15)1-3(16-4)8(17)18/h1,7H,2H2,(H,17,18). The number of aromatic carboxylic acids is 1. The number of carboxylic acids is 1. The molecule has 0 aromatic carbocycles. The van der Waals surface area contributed by atoms with Crippen LogP contribution in [-0.2, 0) is 5.33 Å². The number of hydrogen-bond donors (Lipinski definition) is 1. The van der Waals surface area contributed by atoms with Gasteiger partial charge in [-0.1, -0.05) is 15.9 Å². The number of ether oxygens (including phenoxy) is 1. The molecule has 0 amide bonds. The summed E-state index contributed by atoms with van der Waals surface area (Å²) in [7, 11) is 0. The Balaban J connectivity index is 3.45. The molecule has 0 radical (unpaired) electrons. The van der Waals surface area contributed by atoms with E-state index in [9.17, 15) is 26.7 Å². The molecular weight excluding hydrogens is 345 g/mol. The molecule has 1 heterocycles. The molecule has 1 aromatic rings. The van der Waals surface area contributed by atoms with Gasteiger partial charge >= 0.3 is 12.3 Å². The lowest BCUT2D eigenvalue weighted by atomic mass is 10.1. The maximum absolute atomic E-state index is 12.7. The molecular formula is C9H5BrF5NO3. The second-order valence-electron chi connectivity index (χ2n) is 3.15. The average Bonchev–Trinajstić information content (AvgIpc) is 2.24. The van der Waals surface area contributed by atoms with Gasteiger partial charge in [-0.3, -0.25) is 0 Å². The molecule has 0 bridgehead atoms. The van der Waals surface area contributed by atoms with Crippen molar-refractivity contribution in [3.05, 3.63) is 23.0 Å². The second-order valence-corrected chi connectivity index (χ2v) is 3.71. The zero-order valence-corrected chi connectivity index (χ0v) is 10.4. The van der Waals surface area contributed by atoms with Gasteiger partial charge in [0.25, 0.3) is 6.43 Å². The Morgan fingerprint density at radius 3 is 2.42 bits per heavy atom. The first kappa shape index (κ1) is 15.6. The van der Waals surface area contributed by atoms with Crippen molar-refractivity contribution >= 4 is 21.9 Å². The Morgan fingerprint density at radius 1 is 1.47 bits per heavy atom. The molecule has 10 heteroatoms. The third-order valence-electron chi connectivity index (χ3n) is 1.89. The maximum Gasteiger partial charge on any atom is 0.573 e. The van der Waals surface area contributed by atoms with E-state index < -0.39 is 41.5 Å². The van der Waals surface area contributed by atoms with Gasteiger partial charge < -0.3 is 9.84 Å². The highest BCUT2D eigenvalue weighted by atomic mass is 79.9. The summed E-state index contributed by atoms with van der Waals surface area (Å²) in [5.74, 6) is -2.93. The predicted molar refractivity (Wildman–Crippen MR) is 55.5 cm³/mol. The van der Waals surface area contributed by atoms with E-state index in [2.05, 4.69) is 25.7 Å². The molecule has 0 unspecified atom stereocenters. The Kier molecular flexibility index (Phi) is 4.66. The summed E-state index contributed by atoms with van der Waals surface area (Å²) in [6.45, 7) is 0. The minimum absolute atomic E-state index is 0.309. The molecule has 106 valence electrons. The zero-order chi connectivity index (χ0) is 14.8. The molecule has 1 N–H and O–H groups in total. The normalized spacial score (nSPS) is 11.7. The first-order chi connectivity index (χ1) is 8.65. The van der Waals surface area contributed by atoms with E-state index in [1.807, 2.05) is 0 Å². The second kappa shape index (κ2) is 5.68. The number of carbonyl (C=O) groups is 1. The third-order valence-corrected chi connectivity index (χ3v) is 2.42. The number of aromatic nitrogens is 1. The van der Waals surface area contributed by atoms with E-state index >= 15 is 0 Å². The SMILES string of the molecule is O=C(O)c1cc(OC(F)(F)F)c(C(F)F)c(CBr)n1. The highest BCUT2D eigenvalue weighted by Crippen LogP contribution is 2.36. The van der Waals surface area contributed by atoms with E-state index in [4.69, 9.17) is 5.11 Å². The molecule has 0 spiro atoms. The topological polar surface area (TPSA) is 59.4 Å². The lowest BCUT2D eigenvalue weighted by molar-refractivity contribution is -0.275. The molecule has 0 saturated heterocycles. The number of rotatable bonds is 4. The van der Waals surface area contributed by atoms with Crippen molar-refractivity contribution in [2.45, 2.75) is 18.1 Å². The fraction of sp³-hybridized carbons (Fsp3) is 0.333. The first-order valence-corrected chi connectivity index (χ1v) is 5.64. The van der Waals surface area contributed by atoms with E-state index in [0.29, 0.717) is 6.07 Å². The molecule has 0 saturated carbocycles. The summed E-state index contributed by atoms with van der Waals surface area (Å²) < 4.78 is 65.2. The van der Waals surface area contributed by atoms with E-state index in [-0.39, 0.29) is 5.33 Å². The molecule has 1 aromatic heterocycles. The Labute approximate surface area is 111 Å². The van der Waals surface area contributed by atoms with Gasteiger partial charge in [-0.15, -0.1) is 13.2 Å². The fourth-order valence-corrected chi connectivity index (χ4v) is 1.66. The number of nitrogens with zero attached hydrogens (tertiary/aromatic N) is 1. The number of hydrogen-bond acceptors (Lipinski definition) is 3. The third kappa shape index (κ3) is 4.01. The minimum Gasteiger partial charge on any atom is -0.477 e. The van der Waals surface area contributed by atoms with Crippen LogP contribution in [0.4, 0.5) is 22.0 Å². The zero-order valence-electron chi connectivity index (χ0n) is 8.84. The predicted octanol–water partition coefficient (Wildman–Crippen LogP) is 3.51. The number of carboxylic acid groups (broad SMARTS) is 1. The Morgan fingerprint density at radius 2 is 2.05 bits per heavy atom. The summed E-state index contributed by atoms with van der Waals surface area (Å²) >= 11 is 2.75. The number of alkyl halides is 6. The fourth-order valence-electron chi connectivity index (χ4n) is 1.24. The van der Waals surface area contributed by atoms with Crippen LogP contribution in [0.5, 0.6) is 5.75 Å². The van der Waals surface area contributed by atoms with Crippen LogP contribution in [0.15, 0.2) is 6.07 Å². The van der Waals surface area contributed by atoms with Crippen LogP contribution in [0.2, 0.25) is 0 Å². The molecule has 4 nitrogen and oxygen atoms in total. The van der Waals surface area contributed by atoms with Crippen LogP contribution in [0.1, 0.15) is 28.2 Å². The molecule has 0 aliphatic rings. The van der Waals surface area contributed by atoms with E-state index in [1.54, 1.807) is 0 Å². The van der Waals surface area contributed by atoms with Crippen molar-refractivity contribution in [2.24, 2.45) is 0 Å². The van der Waals surface area contributed by atoms with Gasteiger partial charge in [0.15, 0.2) is 5.69 Å². The largest absolute Gasteiger partial charge is 0.573 e. The van der Waals surface area contributed by atoms with Crippen LogP contribution in [-0.4, -0.2) is 22.4 Å². The van der Waals surface area contributed by atoms with Crippen LogP contribution >= 0.6 is 15.9 Å². The Hall–Kier alpha value is -1.45. The van der Waals surface area contributed by atoms with Crippen molar-refractivity contribution in [1.29, 1.82) is 0 Å². The highest BCUT2D eigenvalue weighted by molar-refractivity contribution is 9.08. The smallest absolute Gasteiger partial charge is 0.477 e. The number of pyridine rings is 1. The van der Waals surface area contributed by atoms with Crippen molar-refractivity contribution in [1.82, 2.24) is 4.98 Å². The molecule has 0 aliphatic heterocycles. The Bertz CT molecular complexity index is 491. The quantitative estimate of drug-likeness (QED) is 0.667. The summed E-state index contributed by atoms with van der Waals surface area (Å²) in [6.07, 6.45) is -8.51. The van der Waals surface area contributed by atoms with Gasteiger partial charge in [-0.25, -0.2) is 18.6 Å². The van der Waals surface area contributed by atoms with Gasteiger partial charge in [0.2, 0.25) is 0 Å². The molecule has 0 aliphatic carbocycles. The van der Waals surface area contributed by atoms with Crippen LogP contribution in [0.3, 0.4) is 0 Å². The highest BCUT2D eigenvalue weighted by Gasteiger charge is 2.35. The van der Waals surface area contributed by atoms with Crippen LogP contribution in [0, 0.1) is 0 Å². The monoisotopic (exact) mass is 349 g/mol. The molecule has 0 atom stereocenters. The molecule has 19 heavy (non-hydrogen) atoms. The van der Waals surface area contributed by atoms with Crippen molar-refractivity contribution in [3.63, 3.8) is 0 Å². The number of halogens is 6. The lowest BCUT2D eigenvalue weighted by Crippen LogP contribution is -2.20. The van der Waals surface area contributed by atoms with Gasteiger partial charge in [-0.05, 0) is 0 Å². The van der Waals surface area contributed by atoms with Gasteiger partial charge in [0, 0.05) is 11.4 Å². The van der Waals surface area contributed by atoms with Crippen molar-refractivity contribution in [2.75, 3.05) is 0 Å². The average molecular weight is 350 g/mol. The van der Waals surface area contributed by atoms with Gasteiger partial charge in [0.05, 0.1) is 11.3 Å².